The number of halogens is 2. The normalized spacial score (nSPS) is 42.9. The molecule has 0 radical (unpaired) electrons. The zero-order valence-electron chi connectivity index (χ0n) is 19.7. The molecule has 3 saturated carbocycles. The Labute approximate surface area is 207 Å². The lowest BCUT2D eigenvalue weighted by Gasteiger charge is -2.61. The SMILES string of the molecule is CC(=O)[C@H]1[C@H](C(=O)c2ccc(Br)cc2)C[C@H]2[C@@H]3CCC4=CC(=O)C=C[C@]4(C)C3(F)[C@@H](O)C[C@@]21C. The van der Waals surface area contributed by atoms with Crippen molar-refractivity contribution < 1.29 is 23.9 Å². The van der Waals surface area contributed by atoms with E-state index in [0.717, 1.165) is 10.0 Å². The summed E-state index contributed by atoms with van der Waals surface area (Å²) in [4.78, 5) is 38.6. The summed E-state index contributed by atoms with van der Waals surface area (Å²) in [6.07, 6.45) is 4.85. The van der Waals surface area contributed by atoms with Gasteiger partial charge in [-0.15, -0.1) is 0 Å². The Morgan fingerprint density at radius 3 is 2.47 bits per heavy atom. The molecule has 0 aliphatic heterocycles. The van der Waals surface area contributed by atoms with Crippen LogP contribution < -0.4 is 0 Å². The van der Waals surface area contributed by atoms with Crippen molar-refractivity contribution >= 4 is 33.3 Å². The standard InChI is InChI=1S/C28H30BrFO4/c1-15(31)24-20(25(34)16-4-7-18(29)8-5-16)13-22-21-9-6-17-12-19(32)10-11-27(17,3)28(21,30)23(33)14-26(22,24)2/h4-5,7-8,10-12,20-24,33H,6,9,13-14H2,1-3H3/t20-,21+,22+,23+,24+,26+,27+,28?/m1/s1. The molecular weight excluding hydrogens is 499 g/mol. The van der Waals surface area contributed by atoms with Crippen LogP contribution in [-0.2, 0) is 9.59 Å². The third-order valence-corrected chi connectivity index (χ3v) is 10.1. The highest BCUT2D eigenvalue weighted by Gasteiger charge is 2.72. The molecule has 0 saturated heterocycles. The van der Waals surface area contributed by atoms with Crippen LogP contribution in [0.3, 0.4) is 0 Å². The summed E-state index contributed by atoms with van der Waals surface area (Å²) >= 11 is 3.39. The second-order valence-electron chi connectivity index (χ2n) is 11.2. The van der Waals surface area contributed by atoms with Crippen LogP contribution in [0.4, 0.5) is 4.39 Å². The monoisotopic (exact) mass is 528 g/mol. The number of allylic oxidation sites excluding steroid dienone is 4. The van der Waals surface area contributed by atoms with E-state index in [0.29, 0.717) is 24.8 Å². The van der Waals surface area contributed by atoms with Gasteiger partial charge >= 0.3 is 0 Å². The number of hydrogen-bond donors (Lipinski definition) is 1. The molecule has 5 rings (SSSR count). The molecule has 0 spiro atoms. The maximum absolute atomic E-state index is 17.3. The first-order valence-electron chi connectivity index (χ1n) is 12.0. The number of aliphatic hydroxyl groups excluding tert-OH is 1. The van der Waals surface area contributed by atoms with Crippen molar-refractivity contribution in [3.63, 3.8) is 0 Å². The maximum Gasteiger partial charge on any atom is 0.178 e. The van der Waals surface area contributed by atoms with E-state index in [9.17, 15) is 19.5 Å². The van der Waals surface area contributed by atoms with Gasteiger partial charge in [-0.2, -0.15) is 0 Å². The third kappa shape index (κ3) is 3.07. The number of Topliss-reactive ketones (excluding diaryl/α,β-unsaturated/α-hetero) is 2. The van der Waals surface area contributed by atoms with Crippen molar-refractivity contribution in [1.82, 2.24) is 0 Å². The highest BCUT2D eigenvalue weighted by molar-refractivity contribution is 9.10. The average Bonchev–Trinajstić information content (AvgIpc) is 3.08. The van der Waals surface area contributed by atoms with Gasteiger partial charge in [-0.1, -0.05) is 46.6 Å². The van der Waals surface area contributed by atoms with Crippen LogP contribution in [0.2, 0.25) is 0 Å². The zero-order valence-corrected chi connectivity index (χ0v) is 21.3. The molecule has 4 aliphatic rings. The Balaban J connectivity index is 1.58. The van der Waals surface area contributed by atoms with Gasteiger partial charge in [0.1, 0.15) is 5.78 Å². The average molecular weight is 529 g/mol. The quantitative estimate of drug-likeness (QED) is 0.530. The smallest absolute Gasteiger partial charge is 0.178 e. The van der Waals surface area contributed by atoms with Crippen LogP contribution in [0, 0.1) is 34.5 Å². The molecule has 1 unspecified atom stereocenters. The fraction of sp³-hybridized carbons (Fsp3) is 0.536. The molecule has 180 valence electrons. The van der Waals surface area contributed by atoms with E-state index in [-0.39, 0.29) is 29.7 Å². The van der Waals surface area contributed by atoms with E-state index in [1.54, 1.807) is 25.1 Å². The molecule has 1 N–H and O–H groups in total. The number of benzene rings is 1. The van der Waals surface area contributed by atoms with Gasteiger partial charge in [-0.3, -0.25) is 14.4 Å². The summed E-state index contributed by atoms with van der Waals surface area (Å²) < 4.78 is 18.1. The van der Waals surface area contributed by atoms with Gasteiger partial charge in [0.15, 0.2) is 17.2 Å². The summed E-state index contributed by atoms with van der Waals surface area (Å²) in [6.45, 7) is 5.26. The zero-order chi connectivity index (χ0) is 24.6. The molecule has 1 aromatic carbocycles. The number of carbonyl (C=O) groups is 3. The van der Waals surface area contributed by atoms with E-state index < -0.39 is 40.4 Å². The Kier molecular flexibility index (Phi) is 5.45. The Morgan fingerprint density at radius 1 is 1.15 bits per heavy atom. The third-order valence-electron chi connectivity index (χ3n) is 9.60. The summed E-state index contributed by atoms with van der Waals surface area (Å²) in [6, 6.07) is 7.13. The Morgan fingerprint density at radius 2 is 1.82 bits per heavy atom. The number of alkyl halides is 1. The lowest BCUT2D eigenvalue weighted by atomic mass is 9.45. The Bertz CT molecular complexity index is 1140. The van der Waals surface area contributed by atoms with Gasteiger partial charge < -0.3 is 5.11 Å². The largest absolute Gasteiger partial charge is 0.390 e. The first kappa shape index (κ1) is 23.8. The highest BCUT2D eigenvalue weighted by Crippen LogP contribution is 2.70. The number of carbonyl (C=O) groups excluding carboxylic acids is 3. The molecule has 4 nitrogen and oxygen atoms in total. The van der Waals surface area contributed by atoms with Gasteiger partial charge in [-0.05, 0) is 75.1 Å². The van der Waals surface area contributed by atoms with Crippen LogP contribution in [-0.4, -0.2) is 34.2 Å². The number of aliphatic hydroxyl groups is 1. The first-order valence-corrected chi connectivity index (χ1v) is 12.8. The minimum Gasteiger partial charge on any atom is -0.390 e. The molecule has 6 heteroatoms. The topological polar surface area (TPSA) is 71.4 Å². The van der Waals surface area contributed by atoms with Crippen LogP contribution in [0.15, 0.2) is 52.5 Å². The molecule has 4 aliphatic carbocycles. The molecule has 1 aromatic rings. The molecule has 0 heterocycles. The van der Waals surface area contributed by atoms with E-state index >= 15 is 4.39 Å². The lowest BCUT2D eigenvalue weighted by molar-refractivity contribution is -0.195. The molecular formula is C28H30BrFO4. The number of hydrogen-bond acceptors (Lipinski definition) is 4. The van der Waals surface area contributed by atoms with Crippen molar-refractivity contribution in [3.8, 4) is 0 Å². The van der Waals surface area contributed by atoms with E-state index in [4.69, 9.17) is 0 Å². The van der Waals surface area contributed by atoms with Crippen molar-refractivity contribution in [2.45, 2.75) is 58.2 Å². The van der Waals surface area contributed by atoms with Gasteiger partial charge in [0.2, 0.25) is 0 Å². The van der Waals surface area contributed by atoms with Gasteiger partial charge in [0.05, 0.1) is 6.10 Å². The fourth-order valence-corrected chi connectivity index (χ4v) is 8.36. The van der Waals surface area contributed by atoms with Gasteiger partial charge in [0, 0.05) is 33.2 Å². The van der Waals surface area contributed by atoms with E-state index in [1.807, 2.05) is 19.1 Å². The molecule has 8 atom stereocenters. The molecule has 3 fully saturated rings. The highest BCUT2D eigenvalue weighted by atomic mass is 79.9. The molecule has 0 amide bonds. The van der Waals surface area contributed by atoms with Crippen LogP contribution in [0.5, 0.6) is 0 Å². The maximum atomic E-state index is 17.3. The number of ketones is 3. The minimum absolute atomic E-state index is 0.0789. The van der Waals surface area contributed by atoms with Crippen LogP contribution in [0.1, 0.15) is 56.8 Å². The predicted octanol–water partition coefficient (Wildman–Crippen LogP) is 5.43. The second-order valence-corrected chi connectivity index (χ2v) is 12.1. The first-order chi connectivity index (χ1) is 15.9. The molecule has 34 heavy (non-hydrogen) atoms. The van der Waals surface area contributed by atoms with Crippen molar-refractivity contribution in [1.29, 1.82) is 0 Å². The fourth-order valence-electron chi connectivity index (χ4n) is 8.10. The van der Waals surface area contributed by atoms with Crippen LogP contribution >= 0.6 is 15.9 Å². The number of rotatable bonds is 3. The van der Waals surface area contributed by atoms with Crippen molar-refractivity contribution in [2.75, 3.05) is 0 Å². The van der Waals surface area contributed by atoms with Crippen LogP contribution in [0.25, 0.3) is 0 Å². The summed E-state index contributed by atoms with van der Waals surface area (Å²) in [5.74, 6) is -2.16. The molecule has 0 bridgehead atoms. The van der Waals surface area contributed by atoms with E-state index in [2.05, 4.69) is 15.9 Å². The Hall–Kier alpha value is -1.92. The molecule has 0 aromatic heterocycles. The van der Waals surface area contributed by atoms with E-state index in [1.165, 1.54) is 19.1 Å². The summed E-state index contributed by atoms with van der Waals surface area (Å²) in [5, 5.41) is 11.4. The lowest BCUT2D eigenvalue weighted by Crippen LogP contribution is -2.66. The number of fused-ring (bicyclic) bond motifs is 5. The van der Waals surface area contributed by atoms with Crippen molar-refractivity contribution in [2.24, 2.45) is 34.5 Å². The minimum atomic E-state index is -1.96. The predicted molar refractivity (Wildman–Crippen MR) is 130 cm³/mol. The van der Waals surface area contributed by atoms with Gasteiger partial charge in [0.25, 0.3) is 0 Å². The summed E-state index contributed by atoms with van der Waals surface area (Å²) in [5.41, 5.74) is -2.44. The second kappa shape index (κ2) is 7.79. The van der Waals surface area contributed by atoms with Crippen molar-refractivity contribution in [3.05, 3.63) is 58.1 Å². The summed E-state index contributed by atoms with van der Waals surface area (Å²) in [7, 11) is 0. The van der Waals surface area contributed by atoms with Gasteiger partial charge in [-0.25, -0.2) is 4.39 Å².